The molecule has 106 valence electrons. The number of fused-ring (bicyclic) bond motifs is 1. The van der Waals surface area contributed by atoms with Crippen LogP contribution in [0.3, 0.4) is 0 Å². The highest BCUT2D eigenvalue weighted by Gasteiger charge is 2.35. The van der Waals surface area contributed by atoms with Crippen molar-refractivity contribution in [2.24, 2.45) is 0 Å². The van der Waals surface area contributed by atoms with E-state index in [0.29, 0.717) is 12.1 Å². The molecule has 4 heteroatoms. The number of methoxy groups -OCH3 is 1. The van der Waals surface area contributed by atoms with Crippen molar-refractivity contribution in [3.05, 3.63) is 0 Å². The lowest BCUT2D eigenvalue weighted by Crippen LogP contribution is -2.63. The SMILES string of the molecule is CNCC(COC)N1CC2CCCCN2CC1C. The second-order valence-corrected chi connectivity index (χ2v) is 5.86. The second-order valence-electron chi connectivity index (χ2n) is 5.86. The van der Waals surface area contributed by atoms with Crippen LogP contribution in [-0.4, -0.2) is 74.9 Å². The summed E-state index contributed by atoms with van der Waals surface area (Å²) in [6, 6.07) is 1.94. The lowest BCUT2D eigenvalue weighted by Gasteiger charge is -2.50. The Hall–Kier alpha value is -0.160. The summed E-state index contributed by atoms with van der Waals surface area (Å²) in [4.78, 5) is 5.36. The first-order valence-electron chi connectivity index (χ1n) is 7.39. The molecular weight excluding hydrogens is 226 g/mol. The molecular formula is C14H29N3O. The minimum absolute atomic E-state index is 0.513. The lowest BCUT2D eigenvalue weighted by atomic mass is 9.96. The van der Waals surface area contributed by atoms with Crippen LogP contribution in [0.25, 0.3) is 0 Å². The van der Waals surface area contributed by atoms with Crippen LogP contribution >= 0.6 is 0 Å². The summed E-state index contributed by atoms with van der Waals surface area (Å²) in [7, 11) is 3.84. The average molecular weight is 255 g/mol. The van der Waals surface area contributed by atoms with Gasteiger partial charge in [0.15, 0.2) is 0 Å². The quantitative estimate of drug-likeness (QED) is 0.786. The molecule has 2 fully saturated rings. The summed E-state index contributed by atoms with van der Waals surface area (Å²) in [5, 5.41) is 3.31. The Morgan fingerprint density at radius 3 is 2.89 bits per heavy atom. The maximum Gasteiger partial charge on any atom is 0.0630 e. The number of likely N-dealkylation sites (N-methyl/N-ethyl adjacent to an activating group) is 1. The number of nitrogens with one attached hydrogen (secondary N) is 1. The molecule has 0 aromatic carbocycles. The predicted molar refractivity (Wildman–Crippen MR) is 75.0 cm³/mol. The first kappa shape index (κ1) is 14.3. The fourth-order valence-corrected chi connectivity index (χ4v) is 3.58. The number of piperazine rings is 1. The molecule has 0 aromatic heterocycles. The number of hydrogen-bond donors (Lipinski definition) is 1. The van der Waals surface area contributed by atoms with Gasteiger partial charge in [0.25, 0.3) is 0 Å². The third-order valence-electron chi connectivity index (χ3n) is 4.50. The number of rotatable bonds is 5. The number of piperidine rings is 1. The van der Waals surface area contributed by atoms with Gasteiger partial charge >= 0.3 is 0 Å². The van der Waals surface area contributed by atoms with Gasteiger partial charge in [-0.3, -0.25) is 9.80 Å². The maximum atomic E-state index is 5.40. The molecule has 3 atom stereocenters. The van der Waals surface area contributed by atoms with Crippen molar-refractivity contribution in [2.45, 2.75) is 44.3 Å². The zero-order chi connectivity index (χ0) is 13.0. The first-order valence-corrected chi connectivity index (χ1v) is 7.39. The summed E-state index contributed by atoms with van der Waals surface area (Å²) in [6.07, 6.45) is 4.17. The minimum atomic E-state index is 0.513. The molecule has 3 unspecified atom stereocenters. The fourth-order valence-electron chi connectivity index (χ4n) is 3.58. The van der Waals surface area contributed by atoms with Gasteiger partial charge < -0.3 is 10.1 Å². The Labute approximate surface area is 112 Å². The molecule has 0 aromatic rings. The van der Waals surface area contributed by atoms with Crippen LogP contribution in [-0.2, 0) is 4.74 Å². The highest BCUT2D eigenvalue weighted by Crippen LogP contribution is 2.25. The van der Waals surface area contributed by atoms with Crippen molar-refractivity contribution in [1.29, 1.82) is 0 Å². The van der Waals surface area contributed by atoms with Crippen molar-refractivity contribution >= 4 is 0 Å². The van der Waals surface area contributed by atoms with Gasteiger partial charge in [-0.2, -0.15) is 0 Å². The normalized spacial score (nSPS) is 32.2. The molecule has 18 heavy (non-hydrogen) atoms. The van der Waals surface area contributed by atoms with Gasteiger partial charge in [0, 0.05) is 44.9 Å². The lowest BCUT2D eigenvalue weighted by molar-refractivity contribution is -0.0251. The second kappa shape index (κ2) is 6.85. The first-order chi connectivity index (χ1) is 8.76. The Balaban J connectivity index is 1.97. The van der Waals surface area contributed by atoms with Gasteiger partial charge in [-0.1, -0.05) is 6.42 Å². The van der Waals surface area contributed by atoms with Crippen LogP contribution in [0.1, 0.15) is 26.2 Å². The highest BCUT2D eigenvalue weighted by atomic mass is 16.5. The third kappa shape index (κ3) is 3.23. The molecule has 0 spiro atoms. The van der Waals surface area contributed by atoms with E-state index in [0.717, 1.165) is 19.2 Å². The van der Waals surface area contributed by atoms with Gasteiger partial charge in [-0.05, 0) is 33.4 Å². The van der Waals surface area contributed by atoms with E-state index in [1.807, 2.05) is 14.2 Å². The Kier molecular flexibility index (Phi) is 5.42. The topological polar surface area (TPSA) is 27.7 Å². The van der Waals surface area contributed by atoms with Gasteiger partial charge in [0.1, 0.15) is 0 Å². The van der Waals surface area contributed by atoms with E-state index < -0.39 is 0 Å². The molecule has 2 rings (SSSR count). The van der Waals surface area contributed by atoms with E-state index in [1.165, 1.54) is 38.9 Å². The third-order valence-corrected chi connectivity index (χ3v) is 4.50. The standard InChI is InChI=1S/C14H29N3O/c1-12-9-16-7-5-4-6-13(16)10-17(12)14(8-15-2)11-18-3/h12-15H,4-11H2,1-3H3. The van der Waals surface area contributed by atoms with Crippen molar-refractivity contribution < 1.29 is 4.74 Å². The molecule has 2 aliphatic rings. The molecule has 0 bridgehead atoms. The molecule has 0 aliphatic carbocycles. The summed E-state index contributed by atoms with van der Waals surface area (Å²) in [6.45, 7) is 7.97. The smallest absolute Gasteiger partial charge is 0.0630 e. The summed E-state index contributed by atoms with van der Waals surface area (Å²) >= 11 is 0. The van der Waals surface area contributed by atoms with Crippen LogP contribution in [0.4, 0.5) is 0 Å². The van der Waals surface area contributed by atoms with Gasteiger partial charge in [-0.25, -0.2) is 0 Å². The molecule has 2 heterocycles. The zero-order valence-corrected chi connectivity index (χ0v) is 12.2. The molecule has 4 nitrogen and oxygen atoms in total. The average Bonchev–Trinajstić information content (AvgIpc) is 2.38. The summed E-state index contributed by atoms with van der Waals surface area (Å²) < 4.78 is 5.40. The van der Waals surface area contributed by atoms with Gasteiger partial charge in [0.05, 0.1) is 6.61 Å². The summed E-state index contributed by atoms with van der Waals surface area (Å²) in [5.74, 6) is 0. The highest BCUT2D eigenvalue weighted by molar-refractivity contribution is 4.92. The van der Waals surface area contributed by atoms with Crippen LogP contribution in [0.5, 0.6) is 0 Å². The number of nitrogens with zero attached hydrogens (tertiary/aromatic N) is 2. The van der Waals surface area contributed by atoms with Crippen molar-refractivity contribution in [3.8, 4) is 0 Å². The predicted octanol–water partition coefficient (Wildman–Crippen LogP) is 0.779. The van der Waals surface area contributed by atoms with E-state index in [9.17, 15) is 0 Å². The van der Waals surface area contributed by atoms with E-state index >= 15 is 0 Å². The van der Waals surface area contributed by atoms with Gasteiger partial charge in [-0.15, -0.1) is 0 Å². The van der Waals surface area contributed by atoms with E-state index in [4.69, 9.17) is 4.74 Å². The van der Waals surface area contributed by atoms with E-state index in [1.54, 1.807) is 0 Å². The van der Waals surface area contributed by atoms with Crippen LogP contribution in [0.2, 0.25) is 0 Å². The fraction of sp³-hybridized carbons (Fsp3) is 1.00. The summed E-state index contributed by atoms with van der Waals surface area (Å²) in [5.41, 5.74) is 0. The Morgan fingerprint density at radius 2 is 2.17 bits per heavy atom. The van der Waals surface area contributed by atoms with Crippen LogP contribution in [0.15, 0.2) is 0 Å². The number of hydrogen-bond acceptors (Lipinski definition) is 4. The molecule has 2 aliphatic heterocycles. The molecule has 2 saturated heterocycles. The largest absolute Gasteiger partial charge is 0.383 e. The van der Waals surface area contributed by atoms with E-state index in [2.05, 4.69) is 22.0 Å². The molecule has 0 amide bonds. The van der Waals surface area contributed by atoms with Crippen molar-refractivity contribution in [3.63, 3.8) is 0 Å². The molecule has 0 radical (unpaired) electrons. The van der Waals surface area contributed by atoms with Crippen LogP contribution in [0, 0.1) is 0 Å². The monoisotopic (exact) mass is 255 g/mol. The van der Waals surface area contributed by atoms with E-state index in [-0.39, 0.29) is 0 Å². The Bertz CT molecular complexity index is 243. The zero-order valence-electron chi connectivity index (χ0n) is 12.2. The molecule has 0 saturated carbocycles. The minimum Gasteiger partial charge on any atom is -0.383 e. The molecule has 1 N–H and O–H groups in total. The van der Waals surface area contributed by atoms with Crippen molar-refractivity contribution in [2.75, 3.05) is 46.9 Å². The number of ether oxygens (including phenoxy) is 1. The maximum absolute atomic E-state index is 5.40. The van der Waals surface area contributed by atoms with Crippen molar-refractivity contribution in [1.82, 2.24) is 15.1 Å². The van der Waals surface area contributed by atoms with Crippen LogP contribution < -0.4 is 5.32 Å². The van der Waals surface area contributed by atoms with Gasteiger partial charge in [0.2, 0.25) is 0 Å². The Morgan fingerprint density at radius 1 is 1.33 bits per heavy atom.